The van der Waals surface area contributed by atoms with Crippen molar-refractivity contribution >= 4 is 18.2 Å². The Morgan fingerprint density at radius 1 is 1.24 bits per heavy atom. The van der Waals surface area contributed by atoms with Gasteiger partial charge in [0.05, 0.1) is 0 Å². The summed E-state index contributed by atoms with van der Waals surface area (Å²) in [5.41, 5.74) is 1.21. The summed E-state index contributed by atoms with van der Waals surface area (Å²) in [6.45, 7) is 3.94. The van der Waals surface area contributed by atoms with Gasteiger partial charge in [-0.25, -0.2) is 0 Å². The predicted octanol–water partition coefficient (Wildman–Crippen LogP) is 3.33. The van der Waals surface area contributed by atoms with Crippen molar-refractivity contribution in [1.29, 1.82) is 0 Å². The number of benzene rings is 1. The van der Waals surface area contributed by atoms with Gasteiger partial charge >= 0.3 is 0 Å². The van der Waals surface area contributed by atoms with Gasteiger partial charge in [0, 0.05) is 18.4 Å². The topological polar surface area (TPSA) is 20.3 Å². The fraction of sp³-hybridized carbons (Fsp3) is 0.500. The Bertz CT molecular complexity index is 337. The number of nitrogens with zero attached hydrogens (tertiary/aromatic N) is 1. The third-order valence-corrected chi connectivity index (χ3v) is 3.03. The second-order valence-corrected chi connectivity index (χ2v) is 4.43. The van der Waals surface area contributed by atoms with Gasteiger partial charge in [0.2, 0.25) is 0 Å². The lowest BCUT2D eigenvalue weighted by Crippen LogP contribution is -2.30. The van der Waals surface area contributed by atoms with Crippen LogP contribution in [-0.4, -0.2) is 24.8 Å². The zero-order chi connectivity index (χ0) is 12.1. The van der Waals surface area contributed by atoms with Crippen LogP contribution in [0.1, 0.15) is 31.9 Å². The lowest BCUT2D eigenvalue weighted by Gasteiger charge is -2.29. The van der Waals surface area contributed by atoms with E-state index >= 15 is 0 Å². The van der Waals surface area contributed by atoms with E-state index in [1.54, 1.807) is 0 Å². The Hall–Kier alpha value is -0.860. The molecule has 0 heterocycles. The summed E-state index contributed by atoms with van der Waals surface area (Å²) in [6.07, 6.45) is 0.609. The lowest BCUT2D eigenvalue weighted by atomic mass is 9.89. The monoisotopic (exact) mass is 255 g/mol. The van der Waals surface area contributed by atoms with Crippen molar-refractivity contribution in [1.82, 2.24) is 4.90 Å². The molecule has 0 bridgehead atoms. The molecule has 1 rings (SSSR count). The Morgan fingerprint density at radius 2 is 1.76 bits per heavy atom. The lowest BCUT2D eigenvalue weighted by molar-refractivity contribution is -0.124. The second-order valence-electron chi connectivity index (χ2n) is 4.43. The first kappa shape index (κ1) is 16.1. The van der Waals surface area contributed by atoms with Crippen LogP contribution in [0.2, 0.25) is 0 Å². The maximum atomic E-state index is 11.8. The molecule has 1 aromatic carbocycles. The second kappa shape index (κ2) is 7.46. The van der Waals surface area contributed by atoms with Gasteiger partial charge in [-0.05, 0) is 19.7 Å². The third-order valence-electron chi connectivity index (χ3n) is 3.03. The highest BCUT2D eigenvalue weighted by molar-refractivity contribution is 5.85. The zero-order valence-electron chi connectivity index (χ0n) is 11.0. The average Bonchev–Trinajstić information content (AvgIpc) is 2.29. The van der Waals surface area contributed by atoms with E-state index in [2.05, 4.69) is 17.0 Å². The van der Waals surface area contributed by atoms with Crippen LogP contribution in [0.4, 0.5) is 0 Å². The largest absolute Gasteiger partial charge is 0.302 e. The molecule has 0 aliphatic rings. The van der Waals surface area contributed by atoms with Gasteiger partial charge in [0.15, 0.2) is 0 Å². The van der Waals surface area contributed by atoms with Crippen LogP contribution in [0.3, 0.4) is 0 Å². The molecule has 0 fully saturated rings. The van der Waals surface area contributed by atoms with E-state index in [1.165, 1.54) is 5.56 Å². The van der Waals surface area contributed by atoms with E-state index in [-0.39, 0.29) is 24.4 Å². The Labute approximate surface area is 110 Å². The number of hydrogen-bond donors (Lipinski definition) is 0. The molecule has 17 heavy (non-hydrogen) atoms. The van der Waals surface area contributed by atoms with Crippen molar-refractivity contribution in [3.63, 3.8) is 0 Å². The summed E-state index contributed by atoms with van der Waals surface area (Å²) in [6, 6.07) is 10.4. The molecule has 1 aromatic rings. The van der Waals surface area contributed by atoms with Crippen LogP contribution in [0.15, 0.2) is 30.3 Å². The Balaban J connectivity index is 0.00000256. The number of ketones is 1. The van der Waals surface area contributed by atoms with Crippen LogP contribution in [-0.2, 0) is 4.79 Å². The fourth-order valence-corrected chi connectivity index (χ4v) is 2.18. The summed E-state index contributed by atoms with van der Waals surface area (Å²) in [7, 11) is 4.05. The minimum absolute atomic E-state index is 0. The smallest absolute Gasteiger partial charge is 0.137 e. The van der Waals surface area contributed by atoms with Gasteiger partial charge in [-0.1, -0.05) is 44.2 Å². The molecule has 0 spiro atoms. The summed E-state index contributed by atoms with van der Waals surface area (Å²) in [4.78, 5) is 13.9. The number of carbonyl (C=O) groups excluding carboxylic acids is 1. The van der Waals surface area contributed by atoms with E-state index in [1.807, 2.05) is 46.1 Å². The van der Waals surface area contributed by atoms with Gasteiger partial charge in [-0.3, -0.25) is 4.79 Å². The van der Waals surface area contributed by atoms with Gasteiger partial charge in [-0.15, -0.1) is 12.4 Å². The number of rotatable bonds is 5. The van der Waals surface area contributed by atoms with E-state index in [0.717, 1.165) is 0 Å². The Kier molecular flexibility index (Phi) is 7.09. The van der Waals surface area contributed by atoms with E-state index in [4.69, 9.17) is 0 Å². The first-order valence-electron chi connectivity index (χ1n) is 5.82. The summed E-state index contributed by atoms with van der Waals surface area (Å²) in [5.74, 6) is 0.366. The minimum atomic E-state index is 0. The number of Topliss-reactive ketones (excluding diaryl/α,β-unsaturated/α-hetero) is 1. The van der Waals surface area contributed by atoms with Crippen molar-refractivity contribution in [2.45, 2.75) is 26.3 Å². The van der Waals surface area contributed by atoms with E-state index in [9.17, 15) is 4.79 Å². The first-order chi connectivity index (χ1) is 7.57. The van der Waals surface area contributed by atoms with E-state index < -0.39 is 0 Å². The highest BCUT2D eigenvalue weighted by atomic mass is 35.5. The fourth-order valence-electron chi connectivity index (χ4n) is 2.18. The van der Waals surface area contributed by atoms with Crippen molar-refractivity contribution in [2.24, 2.45) is 5.92 Å². The van der Waals surface area contributed by atoms with Crippen LogP contribution in [0, 0.1) is 5.92 Å². The number of carbonyl (C=O) groups is 1. The molecule has 96 valence electrons. The predicted molar refractivity (Wildman–Crippen MR) is 74.6 cm³/mol. The normalized spacial score (nSPS) is 13.9. The quantitative estimate of drug-likeness (QED) is 0.805. The zero-order valence-corrected chi connectivity index (χ0v) is 11.8. The molecule has 2 unspecified atom stereocenters. The molecule has 0 amide bonds. The van der Waals surface area contributed by atoms with E-state index in [0.29, 0.717) is 12.2 Å². The minimum Gasteiger partial charge on any atom is -0.302 e. The first-order valence-corrected chi connectivity index (χ1v) is 5.82. The maximum absolute atomic E-state index is 11.8. The maximum Gasteiger partial charge on any atom is 0.137 e. The highest BCUT2D eigenvalue weighted by Crippen LogP contribution is 2.27. The molecular weight excluding hydrogens is 234 g/mol. The van der Waals surface area contributed by atoms with Gasteiger partial charge in [0.25, 0.3) is 0 Å². The van der Waals surface area contributed by atoms with Crippen LogP contribution < -0.4 is 0 Å². The van der Waals surface area contributed by atoms with Crippen molar-refractivity contribution in [3.8, 4) is 0 Å². The van der Waals surface area contributed by atoms with Crippen molar-refractivity contribution in [3.05, 3.63) is 35.9 Å². The Morgan fingerprint density at radius 3 is 2.18 bits per heavy atom. The highest BCUT2D eigenvalue weighted by Gasteiger charge is 2.25. The third kappa shape index (κ3) is 4.14. The molecule has 2 nitrogen and oxygen atoms in total. The molecular formula is C14H22ClNO. The summed E-state index contributed by atoms with van der Waals surface area (Å²) >= 11 is 0. The molecule has 2 atom stereocenters. The molecule has 0 radical (unpaired) electrons. The molecule has 0 saturated carbocycles. The summed E-state index contributed by atoms with van der Waals surface area (Å²) in [5, 5.41) is 0. The van der Waals surface area contributed by atoms with Crippen LogP contribution in [0.5, 0.6) is 0 Å². The van der Waals surface area contributed by atoms with Crippen molar-refractivity contribution in [2.75, 3.05) is 14.1 Å². The molecule has 0 aromatic heterocycles. The standard InChI is InChI=1S/C14H21NO.ClH/c1-5-13(16)11(2)14(15(3)4)12-9-7-6-8-10-12;/h6-11,14H,5H2,1-4H3;1H. The molecule has 0 saturated heterocycles. The van der Waals surface area contributed by atoms with Gasteiger partial charge in [-0.2, -0.15) is 0 Å². The van der Waals surface area contributed by atoms with Gasteiger partial charge in [0.1, 0.15) is 5.78 Å². The summed E-state index contributed by atoms with van der Waals surface area (Å²) < 4.78 is 0. The molecule has 0 N–H and O–H groups in total. The molecule has 0 aliphatic carbocycles. The number of halogens is 1. The van der Waals surface area contributed by atoms with Gasteiger partial charge < -0.3 is 4.90 Å². The van der Waals surface area contributed by atoms with Crippen LogP contribution in [0.25, 0.3) is 0 Å². The average molecular weight is 256 g/mol. The molecule has 3 heteroatoms. The van der Waals surface area contributed by atoms with Crippen LogP contribution >= 0.6 is 12.4 Å². The SMILES string of the molecule is CCC(=O)C(C)C(c1ccccc1)N(C)C.Cl. The van der Waals surface area contributed by atoms with Crippen molar-refractivity contribution < 1.29 is 4.79 Å². The molecule has 0 aliphatic heterocycles. The number of hydrogen-bond acceptors (Lipinski definition) is 2.